The molecule has 0 aliphatic rings. The van der Waals surface area contributed by atoms with Gasteiger partial charge in [-0.3, -0.25) is 9.59 Å². The molecule has 1 atom stereocenters. The number of aliphatic carboxylic acids is 1. The molecule has 5 nitrogen and oxygen atoms in total. The second kappa shape index (κ2) is 8.96. The van der Waals surface area contributed by atoms with Crippen molar-refractivity contribution in [1.82, 2.24) is 5.32 Å². The van der Waals surface area contributed by atoms with Gasteiger partial charge in [0.2, 0.25) is 0 Å². The van der Waals surface area contributed by atoms with E-state index in [9.17, 15) is 9.59 Å². The summed E-state index contributed by atoms with van der Waals surface area (Å²) in [7, 11) is 0. The van der Waals surface area contributed by atoms with E-state index >= 15 is 0 Å². The van der Waals surface area contributed by atoms with Crippen molar-refractivity contribution in [3.8, 4) is 5.75 Å². The Morgan fingerprint density at radius 2 is 1.95 bits per heavy atom. The summed E-state index contributed by atoms with van der Waals surface area (Å²) in [6, 6.07) is 9.21. The summed E-state index contributed by atoms with van der Waals surface area (Å²) in [5, 5.41) is 11.3. The van der Waals surface area contributed by atoms with E-state index in [1.54, 1.807) is 0 Å². The number of carboxylic acid groups (broad SMARTS) is 1. The van der Waals surface area contributed by atoms with Crippen LogP contribution >= 0.6 is 0 Å². The highest BCUT2D eigenvalue weighted by Crippen LogP contribution is 2.12. The van der Waals surface area contributed by atoms with Gasteiger partial charge < -0.3 is 15.2 Å². The van der Waals surface area contributed by atoms with E-state index in [0.29, 0.717) is 31.6 Å². The molecular formula is C15H21NO4. The van der Waals surface area contributed by atoms with Gasteiger partial charge in [0.1, 0.15) is 5.75 Å². The van der Waals surface area contributed by atoms with Gasteiger partial charge in [-0.1, -0.05) is 25.1 Å². The molecule has 1 unspecified atom stereocenters. The molecule has 20 heavy (non-hydrogen) atoms. The van der Waals surface area contributed by atoms with Crippen molar-refractivity contribution in [1.29, 1.82) is 0 Å². The van der Waals surface area contributed by atoms with Gasteiger partial charge in [0.15, 0.2) is 6.10 Å². The lowest BCUT2D eigenvalue weighted by atomic mass is 10.2. The van der Waals surface area contributed by atoms with Crippen molar-refractivity contribution >= 4 is 11.9 Å². The largest absolute Gasteiger partial charge is 0.481 e. The molecule has 1 amide bonds. The lowest BCUT2D eigenvalue weighted by molar-refractivity contribution is -0.137. The Morgan fingerprint density at radius 3 is 2.55 bits per heavy atom. The molecular weight excluding hydrogens is 258 g/mol. The quantitative estimate of drug-likeness (QED) is 0.680. The first kappa shape index (κ1) is 16.0. The zero-order valence-corrected chi connectivity index (χ0v) is 11.7. The number of carbonyl (C=O) groups is 2. The van der Waals surface area contributed by atoms with E-state index in [2.05, 4.69) is 5.32 Å². The highest BCUT2D eigenvalue weighted by molar-refractivity contribution is 5.81. The number of carbonyl (C=O) groups excluding carboxylic acids is 1. The van der Waals surface area contributed by atoms with Gasteiger partial charge in [-0.15, -0.1) is 0 Å². The van der Waals surface area contributed by atoms with E-state index in [0.717, 1.165) is 0 Å². The molecule has 0 radical (unpaired) electrons. The lowest BCUT2D eigenvalue weighted by Crippen LogP contribution is -2.38. The maximum Gasteiger partial charge on any atom is 0.303 e. The summed E-state index contributed by atoms with van der Waals surface area (Å²) in [4.78, 5) is 22.3. The van der Waals surface area contributed by atoms with Crippen LogP contribution in [0.15, 0.2) is 30.3 Å². The Balaban J connectivity index is 2.30. The fourth-order valence-corrected chi connectivity index (χ4v) is 1.71. The van der Waals surface area contributed by atoms with Crippen LogP contribution in [0.5, 0.6) is 5.75 Å². The second-order valence-electron chi connectivity index (χ2n) is 4.47. The number of rotatable bonds is 9. The fourth-order valence-electron chi connectivity index (χ4n) is 1.71. The Labute approximate surface area is 118 Å². The summed E-state index contributed by atoms with van der Waals surface area (Å²) in [5.41, 5.74) is 0. The van der Waals surface area contributed by atoms with Crippen LogP contribution in [-0.2, 0) is 9.59 Å². The van der Waals surface area contributed by atoms with Crippen LogP contribution < -0.4 is 10.1 Å². The predicted molar refractivity (Wildman–Crippen MR) is 75.6 cm³/mol. The minimum atomic E-state index is -0.810. The molecule has 0 bridgehead atoms. The van der Waals surface area contributed by atoms with Crippen LogP contribution in [0.25, 0.3) is 0 Å². The monoisotopic (exact) mass is 279 g/mol. The average molecular weight is 279 g/mol. The van der Waals surface area contributed by atoms with Gasteiger partial charge in [0, 0.05) is 13.0 Å². The SMILES string of the molecule is CCC(Oc1ccccc1)C(=O)NCCCCC(=O)O. The summed E-state index contributed by atoms with van der Waals surface area (Å²) in [6.45, 7) is 2.36. The van der Waals surface area contributed by atoms with Crippen molar-refractivity contribution in [2.75, 3.05) is 6.54 Å². The molecule has 1 aromatic rings. The van der Waals surface area contributed by atoms with Gasteiger partial charge in [0.05, 0.1) is 0 Å². The number of hydrogen-bond donors (Lipinski definition) is 2. The minimum absolute atomic E-state index is 0.133. The van der Waals surface area contributed by atoms with Crippen molar-refractivity contribution in [3.63, 3.8) is 0 Å². The third kappa shape index (κ3) is 6.22. The molecule has 0 aliphatic heterocycles. The normalized spacial score (nSPS) is 11.7. The van der Waals surface area contributed by atoms with Crippen LogP contribution in [0.4, 0.5) is 0 Å². The summed E-state index contributed by atoms with van der Waals surface area (Å²) in [5.74, 6) is -0.303. The molecule has 0 fully saturated rings. The van der Waals surface area contributed by atoms with Gasteiger partial charge in [-0.2, -0.15) is 0 Å². The lowest BCUT2D eigenvalue weighted by Gasteiger charge is -2.17. The molecule has 0 spiro atoms. The summed E-state index contributed by atoms with van der Waals surface area (Å²) >= 11 is 0. The van der Waals surface area contributed by atoms with Gasteiger partial charge in [-0.25, -0.2) is 0 Å². The van der Waals surface area contributed by atoms with E-state index in [-0.39, 0.29) is 12.3 Å². The highest BCUT2D eigenvalue weighted by Gasteiger charge is 2.17. The van der Waals surface area contributed by atoms with Crippen LogP contribution in [0.1, 0.15) is 32.6 Å². The number of ether oxygens (including phenoxy) is 1. The average Bonchev–Trinajstić information content (AvgIpc) is 2.45. The number of nitrogens with one attached hydrogen (secondary N) is 1. The summed E-state index contributed by atoms with van der Waals surface area (Å²) < 4.78 is 5.61. The number of unbranched alkanes of at least 4 members (excludes halogenated alkanes) is 1. The first-order valence-corrected chi connectivity index (χ1v) is 6.84. The topological polar surface area (TPSA) is 75.6 Å². The number of amides is 1. The van der Waals surface area contributed by atoms with Crippen molar-refractivity contribution in [3.05, 3.63) is 30.3 Å². The Kier molecular flexibility index (Phi) is 7.17. The van der Waals surface area contributed by atoms with Crippen LogP contribution in [0, 0.1) is 0 Å². The fraction of sp³-hybridized carbons (Fsp3) is 0.467. The summed E-state index contributed by atoms with van der Waals surface area (Å²) in [6.07, 6.45) is 1.41. The molecule has 0 aliphatic carbocycles. The maximum absolute atomic E-state index is 11.9. The Morgan fingerprint density at radius 1 is 1.25 bits per heavy atom. The van der Waals surface area contributed by atoms with Gasteiger partial charge in [-0.05, 0) is 31.4 Å². The molecule has 2 N–H and O–H groups in total. The third-order valence-corrected chi connectivity index (χ3v) is 2.80. The van der Waals surface area contributed by atoms with Crippen molar-refractivity contribution in [2.24, 2.45) is 0 Å². The zero-order valence-electron chi connectivity index (χ0n) is 11.7. The maximum atomic E-state index is 11.9. The van der Waals surface area contributed by atoms with Gasteiger partial charge >= 0.3 is 5.97 Å². The van der Waals surface area contributed by atoms with Crippen molar-refractivity contribution < 1.29 is 19.4 Å². The van der Waals surface area contributed by atoms with E-state index < -0.39 is 12.1 Å². The van der Waals surface area contributed by atoms with E-state index in [1.807, 2.05) is 37.3 Å². The minimum Gasteiger partial charge on any atom is -0.481 e. The first-order valence-electron chi connectivity index (χ1n) is 6.84. The molecule has 0 saturated heterocycles. The molecule has 0 heterocycles. The molecule has 0 aromatic heterocycles. The Hall–Kier alpha value is -2.04. The highest BCUT2D eigenvalue weighted by atomic mass is 16.5. The molecule has 5 heteroatoms. The Bertz CT molecular complexity index is 419. The number of benzene rings is 1. The van der Waals surface area contributed by atoms with E-state index in [1.165, 1.54) is 0 Å². The van der Waals surface area contributed by atoms with Crippen LogP contribution in [0.3, 0.4) is 0 Å². The van der Waals surface area contributed by atoms with E-state index in [4.69, 9.17) is 9.84 Å². The third-order valence-electron chi connectivity index (χ3n) is 2.80. The smallest absolute Gasteiger partial charge is 0.303 e. The second-order valence-corrected chi connectivity index (χ2v) is 4.47. The molecule has 0 saturated carbocycles. The predicted octanol–water partition coefficient (Wildman–Crippen LogP) is 2.22. The van der Waals surface area contributed by atoms with Crippen LogP contribution in [-0.4, -0.2) is 29.6 Å². The zero-order chi connectivity index (χ0) is 14.8. The van der Waals surface area contributed by atoms with Crippen LogP contribution in [0.2, 0.25) is 0 Å². The number of para-hydroxylation sites is 1. The first-order chi connectivity index (χ1) is 9.63. The van der Waals surface area contributed by atoms with Crippen molar-refractivity contribution in [2.45, 2.75) is 38.7 Å². The standard InChI is InChI=1S/C15H21NO4/c1-2-13(20-12-8-4-3-5-9-12)15(19)16-11-7-6-10-14(17)18/h3-5,8-9,13H,2,6-7,10-11H2,1H3,(H,16,19)(H,17,18). The number of hydrogen-bond acceptors (Lipinski definition) is 3. The number of carboxylic acids is 1. The molecule has 1 aromatic carbocycles. The van der Waals surface area contributed by atoms with Gasteiger partial charge in [0.25, 0.3) is 5.91 Å². The molecule has 110 valence electrons. The molecule has 1 rings (SSSR count).